The molecule has 0 fully saturated rings. The zero-order chi connectivity index (χ0) is 27.2. The van der Waals surface area contributed by atoms with Crippen molar-refractivity contribution in [3.63, 3.8) is 0 Å². The summed E-state index contributed by atoms with van der Waals surface area (Å²) >= 11 is 12.3. The highest BCUT2D eigenvalue weighted by Gasteiger charge is 2.23. The van der Waals surface area contributed by atoms with Crippen LogP contribution in [0.15, 0.2) is 48.5 Å². The minimum absolute atomic E-state index is 0.126. The van der Waals surface area contributed by atoms with Gasteiger partial charge >= 0.3 is 6.03 Å². The number of ether oxygens (including phenoxy) is 1. The first-order valence-corrected chi connectivity index (χ1v) is 12.8. The average Bonchev–Trinajstić information content (AvgIpc) is 3.28. The van der Waals surface area contributed by atoms with E-state index in [-0.39, 0.29) is 23.9 Å². The highest BCUT2D eigenvalue weighted by molar-refractivity contribution is 6.42. The summed E-state index contributed by atoms with van der Waals surface area (Å²) in [5.74, 6) is 0.815. The van der Waals surface area contributed by atoms with Gasteiger partial charge in [0.25, 0.3) is 0 Å². The van der Waals surface area contributed by atoms with E-state index in [1.807, 2.05) is 33.8 Å². The molecule has 2 aromatic carbocycles. The number of amides is 3. The molecule has 2 N–H and O–H groups in total. The van der Waals surface area contributed by atoms with Gasteiger partial charge < -0.3 is 20.3 Å². The summed E-state index contributed by atoms with van der Waals surface area (Å²) < 4.78 is 6.78. The van der Waals surface area contributed by atoms with Crippen molar-refractivity contribution in [1.29, 1.82) is 0 Å². The molecule has 0 atom stereocenters. The number of hydrogen-bond acceptors (Lipinski definition) is 4. The summed E-state index contributed by atoms with van der Waals surface area (Å²) in [6.07, 6.45) is 1.64. The van der Waals surface area contributed by atoms with Crippen LogP contribution in [0.4, 0.5) is 16.3 Å². The van der Waals surface area contributed by atoms with E-state index >= 15 is 0 Å². The van der Waals surface area contributed by atoms with E-state index in [1.165, 1.54) is 4.90 Å². The number of hydrogen-bond donors (Lipinski definition) is 2. The number of urea groups is 1. The normalized spacial score (nSPS) is 11.2. The summed E-state index contributed by atoms with van der Waals surface area (Å²) in [5, 5.41) is 11.3. The van der Waals surface area contributed by atoms with Crippen LogP contribution in [0.1, 0.15) is 46.2 Å². The second-order valence-electron chi connectivity index (χ2n) is 9.66. The largest absolute Gasteiger partial charge is 0.497 e. The van der Waals surface area contributed by atoms with Gasteiger partial charge in [-0.05, 0) is 48.9 Å². The standard InChI is InChI=1S/C27H33Cl2N5O3/c1-6-7-14-33(26(36)30-18-8-11-20(37-5)12-9-18)17-25(35)31-24-16-23(27(2,3)4)32-34(24)19-10-13-21(28)22(29)15-19/h8-13,15-16H,6-7,14,17H2,1-5H3,(H,30,36)(H,31,35). The lowest BCUT2D eigenvalue weighted by atomic mass is 9.92. The third-order valence-corrected chi connectivity index (χ3v) is 6.38. The predicted octanol–water partition coefficient (Wildman–Crippen LogP) is 6.76. The van der Waals surface area contributed by atoms with Gasteiger partial charge in [-0.2, -0.15) is 5.10 Å². The molecule has 0 aliphatic carbocycles. The smallest absolute Gasteiger partial charge is 0.322 e. The van der Waals surface area contributed by atoms with Crippen LogP contribution < -0.4 is 15.4 Å². The van der Waals surface area contributed by atoms with E-state index in [0.717, 1.165) is 18.5 Å². The number of unbranched alkanes of at least 4 members (excludes halogenated alkanes) is 1. The van der Waals surface area contributed by atoms with Gasteiger partial charge in [0, 0.05) is 23.7 Å². The molecule has 0 bridgehead atoms. The lowest BCUT2D eigenvalue weighted by molar-refractivity contribution is -0.116. The second kappa shape index (κ2) is 12.3. The third-order valence-electron chi connectivity index (χ3n) is 5.64. The van der Waals surface area contributed by atoms with Gasteiger partial charge in [0.2, 0.25) is 5.91 Å². The van der Waals surface area contributed by atoms with E-state index in [4.69, 9.17) is 33.0 Å². The van der Waals surface area contributed by atoms with Crippen molar-refractivity contribution in [3.05, 3.63) is 64.3 Å². The van der Waals surface area contributed by atoms with Crippen molar-refractivity contribution in [2.24, 2.45) is 0 Å². The Hall–Kier alpha value is -3.23. The van der Waals surface area contributed by atoms with Gasteiger partial charge in [-0.3, -0.25) is 4.79 Å². The average molecular weight is 546 g/mol. The van der Waals surface area contributed by atoms with Crippen molar-refractivity contribution < 1.29 is 14.3 Å². The molecule has 3 aromatic rings. The van der Waals surface area contributed by atoms with Crippen molar-refractivity contribution in [3.8, 4) is 11.4 Å². The maximum Gasteiger partial charge on any atom is 0.322 e. The lowest BCUT2D eigenvalue weighted by Gasteiger charge is -2.22. The van der Waals surface area contributed by atoms with Crippen molar-refractivity contribution in [2.45, 2.75) is 46.0 Å². The Morgan fingerprint density at radius 3 is 2.32 bits per heavy atom. The summed E-state index contributed by atoms with van der Waals surface area (Å²) in [4.78, 5) is 27.7. The number of nitrogens with zero attached hydrogens (tertiary/aromatic N) is 3. The van der Waals surface area contributed by atoms with Gasteiger partial charge in [-0.15, -0.1) is 0 Å². The van der Waals surface area contributed by atoms with Crippen LogP contribution in [-0.2, 0) is 10.2 Å². The molecule has 0 spiro atoms. The highest BCUT2D eigenvalue weighted by Crippen LogP contribution is 2.29. The number of methoxy groups -OCH3 is 1. The lowest BCUT2D eigenvalue weighted by Crippen LogP contribution is -2.41. The Morgan fingerprint density at radius 2 is 1.73 bits per heavy atom. The van der Waals surface area contributed by atoms with Crippen LogP contribution in [0, 0.1) is 0 Å². The molecule has 0 aliphatic heterocycles. The molecule has 0 saturated carbocycles. The van der Waals surface area contributed by atoms with Gasteiger partial charge in [-0.25, -0.2) is 9.48 Å². The predicted molar refractivity (Wildman–Crippen MR) is 149 cm³/mol. The van der Waals surface area contributed by atoms with Crippen LogP contribution in [0.3, 0.4) is 0 Å². The molecule has 1 aromatic heterocycles. The molecular formula is C27H33Cl2N5O3. The topological polar surface area (TPSA) is 88.5 Å². The third kappa shape index (κ3) is 7.63. The Balaban J connectivity index is 1.81. The SMILES string of the molecule is CCCCN(CC(=O)Nc1cc(C(C)(C)C)nn1-c1ccc(Cl)c(Cl)c1)C(=O)Nc1ccc(OC)cc1. The number of aromatic nitrogens is 2. The number of anilines is 2. The molecule has 0 saturated heterocycles. The van der Waals surface area contributed by atoms with Crippen LogP contribution in [0.5, 0.6) is 5.75 Å². The van der Waals surface area contributed by atoms with E-state index in [1.54, 1.807) is 54.3 Å². The minimum Gasteiger partial charge on any atom is -0.497 e. The van der Waals surface area contributed by atoms with Crippen LogP contribution >= 0.6 is 23.2 Å². The Bertz CT molecular complexity index is 1240. The minimum atomic E-state index is -0.359. The van der Waals surface area contributed by atoms with Crippen LogP contribution in [0.2, 0.25) is 10.0 Å². The summed E-state index contributed by atoms with van der Waals surface area (Å²) in [6.45, 7) is 8.45. The number of nitrogens with one attached hydrogen (secondary N) is 2. The van der Waals surface area contributed by atoms with Gasteiger partial charge in [0.1, 0.15) is 18.1 Å². The van der Waals surface area contributed by atoms with Gasteiger partial charge in [0.15, 0.2) is 0 Å². The Labute approximate surface area is 227 Å². The molecule has 37 heavy (non-hydrogen) atoms. The van der Waals surface area contributed by atoms with Crippen LogP contribution in [0.25, 0.3) is 5.69 Å². The molecular weight excluding hydrogens is 513 g/mol. The number of carbonyl (C=O) groups is 2. The summed E-state index contributed by atoms with van der Waals surface area (Å²) in [6, 6.07) is 13.6. The molecule has 0 aliphatic rings. The quantitative estimate of drug-likeness (QED) is 0.311. The molecule has 3 rings (SSSR count). The molecule has 0 radical (unpaired) electrons. The zero-order valence-corrected chi connectivity index (χ0v) is 23.3. The summed E-state index contributed by atoms with van der Waals surface area (Å²) in [5.41, 5.74) is 1.79. The van der Waals surface area contributed by atoms with Crippen LogP contribution in [-0.4, -0.2) is 46.8 Å². The number of carbonyl (C=O) groups excluding carboxylic acids is 2. The molecule has 198 valence electrons. The van der Waals surface area contributed by atoms with E-state index < -0.39 is 0 Å². The second-order valence-corrected chi connectivity index (χ2v) is 10.5. The fourth-order valence-electron chi connectivity index (χ4n) is 3.48. The molecule has 0 unspecified atom stereocenters. The van der Waals surface area contributed by atoms with Gasteiger partial charge in [-0.1, -0.05) is 57.3 Å². The van der Waals surface area contributed by atoms with E-state index in [9.17, 15) is 9.59 Å². The molecule has 3 amide bonds. The maximum atomic E-state index is 13.2. The first kappa shape index (κ1) is 28.3. The number of rotatable bonds is 9. The van der Waals surface area contributed by atoms with Gasteiger partial charge in [0.05, 0.1) is 28.5 Å². The molecule has 8 nitrogen and oxygen atoms in total. The van der Waals surface area contributed by atoms with Crippen molar-refractivity contribution in [1.82, 2.24) is 14.7 Å². The van der Waals surface area contributed by atoms with Crippen molar-refractivity contribution in [2.75, 3.05) is 30.8 Å². The first-order valence-electron chi connectivity index (χ1n) is 12.1. The first-order chi connectivity index (χ1) is 17.5. The monoisotopic (exact) mass is 545 g/mol. The number of halogens is 2. The summed E-state index contributed by atoms with van der Waals surface area (Å²) in [7, 11) is 1.58. The van der Waals surface area contributed by atoms with E-state index in [2.05, 4.69) is 10.6 Å². The fraction of sp³-hybridized carbons (Fsp3) is 0.370. The maximum absolute atomic E-state index is 13.2. The zero-order valence-electron chi connectivity index (χ0n) is 21.8. The number of benzene rings is 2. The van der Waals surface area contributed by atoms with E-state index in [0.29, 0.717) is 39.5 Å². The Kier molecular flexibility index (Phi) is 9.45. The highest BCUT2D eigenvalue weighted by atomic mass is 35.5. The molecule has 1 heterocycles. The Morgan fingerprint density at radius 1 is 1.03 bits per heavy atom. The van der Waals surface area contributed by atoms with Crippen molar-refractivity contribution >= 4 is 46.6 Å². The fourth-order valence-corrected chi connectivity index (χ4v) is 3.78. The molecule has 10 heteroatoms.